The van der Waals surface area contributed by atoms with Gasteiger partial charge < -0.3 is 0 Å². The monoisotopic (exact) mass is 328 g/mol. The van der Waals surface area contributed by atoms with Crippen molar-refractivity contribution >= 4 is 5.78 Å². The molecule has 0 aromatic heterocycles. The minimum atomic E-state index is -0.0972. The summed E-state index contributed by atoms with van der Waals surface area (Å²) in [6.07, 6.45) is 0. The first-order chi connectivity index (χ1) is 12.2. The van der Waals surface area contributed by atoms with E-state index >= 15 is 0 Å². The number of ketones is 1. The summed E-state index contributed by atoms with van der Waals surface area (Å²) in [5.74, 6) is 0.500. The first-order valence-electron chi connectivity index (χ1n) is 8.87. The molecule has 0 aliphatic heterocycles. The van der Waals surface area contributed by atoms with E-state index in [0.29, 0.717) is 0 Å². The molecule has 0 fully saturated rings. The SMILES string of the molecule is C[C@H](C(=O)c1ccccc1)[C@H](c1ccccc1)[C@@H](C)c1ccccc1. The summed E-state index contributed by atoms with van der Waals surface area (Å²) in [5, 5.41) is 0. The van der Waals surface area contributed by atoms with Crippen LogP contribution in [-0.2, 0) is 0 Å². The molecule has 126 valence electrons. The van der Waals surface area contributed by atoms with Crippen molar-refractivity contribution < 1.29 is 4.79 Å². The fourth-order valence-electron chi connectivity index (χ4n) is 3.68. The molecule has 1 nitrogen and oxygen atoms in total. The summed E-state index contributed by atoms with van der Waals surface area (Å²) in [5.41, 5.74) is 3.27. The Kier molecular flexibility index (Phi) is 5.45. The zero-order valence-corrected chi connectivity index (χ0v) is 14.8. The highest BCUT2D eigenvalue weighted by molar-refractivity contribution is 5.98. The molecule has 3 aromatic carbocycles. The molecule has 25 heavy (non-hydrogen) atoms. The van der Waals surface area contributed by atoms with Crippen LogP contribution in [0, 0.1) is 5.92 Å². The maximum atomic E-state index is 13.1. The zero-order valence-electron chi connectivity index (χ0n) is 14.8. The van der Waals surface area contributed by atoms with Gasteiger partial charge in [0, 0.05) is 17.4 Å². The lowest BCUT2D eigenvalue weighted by molar-refractivity contribution is 0.0904. The van der Waals surface area contributed by atoms with Gasteiger partial charge in [0.25, 0.3) is 0 Å². The highest BCUT2D eigenvalue weighted by Crippen LogP contribution is 2.39. The van der Waals surface area contributed by atoms with Crippen molar-refractivity contribution in [3.8, 4) is 0 Å². The molecule has 0 spiro atoms. The third kappa shape index (κ3) is 3.88. The van der Waals surface area contributed by atoms with Crippen LogP contribution in [0.2, 0.25) is 0 Å². The molecule has 0 aliphatic rings. The Morgan fingerprint density at radius 1 is 0.640 bits per heavy atom. The van der Waals surface area contributed by atoms with Gasteiger partial charge in [-0.1, -0.05) is 105 Å². The van der Waals surface area contributed by atoms with Gasteiger partial charge >= 0.3 is 0 Å². The summed E-state index contributed by atoms with van der Waals surface area (Å²) in [6.45, 7) is 4.29. The third-order valence-corrected chi connectivity index (χ3v) is 5.06. The quantitative estimate of drug-likeness (QED) is 0.500. The molecule has 0 unspecified atom stereocenters. The fraction of sp³-hybridized carbons (Fsp3) is 0.208. The first-order valence-corrected chi connectivity index (χ1v) is 8.87. The predicted octanol–water partition coefficient (Wildman–Crippen LogP) is 6.09. The van der Waals surface area contributed by atoms with Gasteiger partial charge in [-0.05, 0) is 17.0 Å². The minimum absolute atomic E-state index is 0.0972. The second kappa shape index (κ2) is 7.94. The highest BCUT2D eigenvalue weighted by atomic mass is 16.1. The van der Waals surface area contributed by atoms with Gasteiger partial charge in [-0.25, -0.2) is 0 Å². The van der Waals surface area contributed by atoms with Gasteiger partial charge in [0.05, 0.1) is 0 Å². The Hall–Kier alpha value is -2.67. The fourth-order valence-corrected chi connectivity index (χ4v) is 3.68. The molecule has 0 saturated heterocycles. The van der Waals surface area contributed by atoms with E-state index in [1.165, 1.54) is 11.1 Å². The van der Waals surface area contributed by atoms with Gasteiger partial charge in [-0.3, -0.25) is 4.79 Å². The second-order valence-corrected chi connectivity index (χ2v) is 6.65. The molecule has 0 saturated carbocycles. The predicted molar refractivity (Wildman–Crippen MR) is 104 cm³/mol. The molecular weight excluding hydrogens is 304 g/mol. The standard InChI is InChI=1S/C24H24O/c1-18(20-12-6-3-7-13-20)23(21-14-8-4-9-15-21)19(2)24(25)22-16-10-5-11-17-22/h3-19,23H,1-2H3/t18-,19-,23+/m0/s1. The molecule has 3 rings (SSSR count). The van der Waals surface area contributed by atoms with Crippen LogP contribution < -0.4 is 0 Å². The van der Waals surface area contributed by atoms with Gasteiger partial charge in [-0.15, -0.1) is 0 Å². The van der Waals surface area contributed by atoms with Crippen LogP contribution in [0.5, 0.6) is 0 Å². The van der Waals surface area contributed by atoms with E-state index < -0.39 is 0 Å². The maximum absolute atomic E-state index is 13.1. The average molecular weight is 328 g/mol. The van der Waals surface area contributed by atoms with E-state index in [1.807, 2.05) is 42.5 Å². The summed E-state index contributed by atoms with van der Waals surface area (Å²) in [4.78, 5) is 13.1. The molecule has 3 aromatic rings. The summed E-state index contributed by atoms with van der Waals surface area (Å²) >= 11 is 0. The van der Waals surface area contributed by atoms with E-state index in [9.17, 15) is 4.79 Å². The van der Waals surface area contributed by atoms with Crippen LogP contribution in [0.3, 0.4) is 0 Å². The lowest BCUT2D eigenvalue weighted by atomic mass is 9.73. The normalized spacial score (nSPS) is 14.5. The summed E-state index contributed by atoms with van der Waals surface area (Å²) in [7, 11) is 0. The number of benzene rings is 3. The lowest BCUT2D eigenvalue weighted by Crippen LogP contribution is -2.24. The van der Waals surface area contributed by atoms with Crippen LogP contribution in [0.1, 0.15) is 47.2 Å². The topological polar surface area (TPSA) is 17.1 Å². The van der Waals surface area contributed by atoms with Gasteiger partial charge in [0.1, 0.15) is 0 Å². The van der Waals surface area contributed by atoms with E-state index in [2.05, 4.69) is 62.4 Å². The summed E-state index contributed by atoms with van der Waals surface area (Å²) in [6, 6.07) is 30.5. The minimum Gasteiger partial charge on any atom is -0.294 e. The number of carbonyl (C=O) groups excluding carboxylic acids is 1. The molecule has 0 N–H and O–H groups in total. The summed E-state index contributed by atoms with van der Waals surface area (Å²) < 4.78 is 0. The van der Waals surface area contributed by atoms with Crippen molar-refractivity contribution in [3.63, 3.8) is 0 Å². The smallest absolute Gasteiger partial charge is 0.166 e. The molecule has 3 atom stereocenters. The number of carbonyl (C=O) groups is 1. The Balaban J connectivity index is 1.98. The Morgan fingerprint density at radius 3 is 1.60 bits per heavy atom. The molecule has 1 heteroatoms. The number of rotatable bonds is 6. The second-order valence-electron chi connectivity index (χ2n) is 6.65. The van der Waals surface area contributed by atoms with Crippen LogP contribution in [0.4, 0.5) is 0 Å². The van der Waals surface area contributed by atoms with Crippen LogP contribution in [-0.4, -0.2) is 5.78 Å². The Bertz CT molecular complexity index is 793. The third-order valence-electron chi connectivity index (χ3n) is 5.06. The van der Waals surface area contributed by atoms with E-state index in [1.54, 1.807) is 0 Å². The van der Waals surface area contributed by atoms with E-state index in [-0.39, 0.29) is 23.5 Å². The molecule has 0 bridgehead atoms. The van der Waals surface area contributed by atoms with E-state index in [4.69, 9.17) is 0 Å². The molecule has 0 heterocycles. The van der Waals surface area contributed by atoms with Crippen LogP contribution in [0.15, 0.2) is 91.0 Å². The number of hydrogen-bond donors (Lipinski definition) is 0. The zero-order chi connectivity index (χ0) is 17.6. The largest absolute Gasteiger partial charge is 0.294 e. The van der Waals surface area contributed by atoms with E-state index in [0.717, 1.165) is 5.56 Å². The first kappa shape index (κ1) is 17.2. The molecular formula is C24H24O. The van der Waals surface area contributed by atoms with Gasteiger partial charge in [-0.2, -0.15) is 0 Å². The Labute approximate surface area is 150 Å². The van der Waals surface area contributed by atoms with Crippen molar-refractivity contribution in [2.24, 2.45) is 5.92 Å². The maximum Gasteiger partial charge on any atom is 0.166 e. The van der Waals surface area contributed by atoms with Crippen molar-refractivity contribution in [2.75, 3.05) is 0 Å². The van der Waals surface area contributed by atoms with Crippen molar-refractivity contribution in [1.29, 1.82) is 0 Å². The van der Waals surface area contributed by atoms with Crippen molar-refractivity contribution in [2.45, 2.75) is 25.7 Å². The van der Waals surface area contributed by atoms with Gasteiger partial charge in [0.15, 0.2) is 5.78 Å². The lowest BCUT2D eigenvalue weighted by Gasteiger charge is -2.30. The molecule has 0 amide bonds. The van der Waals surface area contributed by atoms with Crippen LogP contribution in [0.25, 0.3) is 0 Å². The Morgan fingerprint density at radius 2 is 1.08 bits per heavy atom. The number of hydrogen-bond acceptors (Lipinski definition) is 1. The van der Waals surface area contributed by atoms with Crippen molar-refractivity contribution in [3.05, 3.63) is 108 Å². The average Bonchev–Trinajstić information content (AvgIpc) is 2.69. The van der Waals surface area contributed by atoms with Gasteiger partial charge in [0.2, 0.25) is 0 Å². The van der Waals surface area contributed by atoms with Crippen molar-refractivity contribution in [1.82, 2.24) is 0 Å². The molecule has 0 aliphatic carbocycles. The molecule has 0 radical (unpaired) electrons. The van der Waals surface area contributed by atoms with Crippen LogP contribution >= 0.6 is 0 Å². The number of Topliss-reactive ketones (excluding diaryl/α,β-unsaturated/α-hetero) is 1. The highest BCUT2D eigenvalue weighted by Gasteiger charge is 2.31.